The van der Waals surface area contributed by atoms with Gasteiger partial charge in [-0.3, -0.25) is 19.2 Å². The van der Waals surface area contributed by atoms with Crippen LogP contribution in [-0.2, 0) is 35.2 Å². The third kappa shape index (κ3) is 16.0. The topological polar surface area (TPSA) is 291 Å². The van der Waals surface area contributed by atoms with Crippen LogP contribution in [0.5, 0.6) is 0 Å². The van der Waals surface area contributed by atoms with E-state index in [1.54, 1.807) is 6.20 Å². The zero-order valence-electron chi connectivity index (χ0n) is 34.6. The number of likely N-dealkylation sites (N-methyl/N-ethyl adjacent to an activating group) is 1. The van der Waals surface area contributed by atoms with Gasteiger partial charge in [0, 0.05) is 30.6 Å². The van der Waals surface area contributed by atoms with Crippen LogP contribution < -0.4 is 38.1 Å². The molecule has 2 rings (SSSR count). The Kier molecular flexibility index (Phi) is 20.7. The molecule has 0 aliphatic rings. The summed E-state index contributed by atoms with van der Waals surface area (Å²) in [5.74, 6) is -5.28. The number of H-pyrrole nitrogens is 1. The number of nitrogens with one attached hydrogen (secondary N) is 6. The van der Waals surface area contributed by atoms with E-state index in [0.717, 1.165) is 10.9 Å². The largest absolute Gasteiger partial charge is 0.480 e. The lowest BCUT2D eigenvalue weighted by molar-refractivity contribution is -0.145. The lowest BCUT2D eigenvalue weighted by Crippen LogP contribution is -2.59. The summed E-state index contributed by atoms with van der Waals surface area (Å²) in [6.07, 6.45) is 4.43. The third-order valence-corrected chi connectivity index (χ3v) is 9.72. The van der Waals surface area contributed by atoms with Crippen LogP contribution in [0.2, 0.25) is 0 Å². The van der Waals surface area contributed by atoms with E-state index in [1.165, 1.54) is 18.9 Å². The van der Waals surface area contributed by atoms with Crippen molar-refractivity contribution in [3.8, 4) is 0 Å². The summed E-state index contributed by atoms with van der Waals surface area (Å²) in [6, 6.07) is -0.468. The predicted molar refractivity (Wildman–Crippen MR) is 219 cm³/mol. The lowest BCUT2D eigenvalue weighted by Gasteiger charge is -2.33. The Bertz CT molecular complexity index is 1680. The maximum Gasteiger partial charge on any atom is 0.326 e. The summed E-state index contributed by atoms with van der Waals surface area (Å²) >= 11 is 0. The fraction of sp³-hybridized carbons (Fsp3) is 0.625. The third-order valence-electron chi connectivity index (χ3n) is 9.72. The number of carboxylic acids is 2. The minimum absolute atomic E-state index is 0.00105. The fourth-order valence-electron chi connectivity index (χ4n) is 6.51. The SMILES string of the molecule is CC(C)C[C@H](NC(=O)[C@H](C)NC(=O)[C@H](CCCCN)NC(=O)N[C@H](CCCCN)C(=O)O)C(=O)N(C)[C@@H](CC(C)C)C(=O)N[C@@H](Cc1c[nH]c2ccccc12)C(=O)O. The number of fused-ring (bicyclic) bond motifs is 1. The number of carbonyl (C=O) groups is 7. The van der Waals surface area contributed by atoms with Gasteiger partial charge in [0.1, 0.15) is 36.3 Å². The lowest BCUT2D eigenvalue weighted by atomic mass is 9.98. The molecule has 1 heterocycles. The number of aliphatic carboxylic acids is 2. The number of aromatic amines is 1. The second kappa shape index (κ2) is 24.5. The van der Waals surface area contributed by atoms with E-state index >= 15 is 0 Å². The van der Waals surface area contributed by atoms with E-state index in [9.17, 15) is 43.8 Å². The van der Waals surface area contributed by atoms with Crippen LogP contribution in [0.1, 0.15) is 91.5 Å². The molecule has 18 nitrogen and oxygen atoms in total. The molecule has 0 saturated carbocycles. The number of hydrogen-bond acceptors (Lipinski definition) is 9. The molecule has 0 fully saturated rings. The van der Waals surface area contributed by atoms with Crippen LogP contribution in [0.25, 0.3) is 10.9 Å². The molecule has 6 amide bonds. The van der Waals surface area contributed by atoms with Gasteiger partial charge in [-0.25, -0.2) is 14.4 Å². The number of rotatable bonds is 26. The van der Waals surface area contributed by atoms with Crippen molar-refractivity contribution >= 4 is 52.5 Å². The van der Waals surface area contributed by atoms with Crippen LogP contribution in [0.15, 0.2) is 30.5 Å². The molecule has 18 heteroatoms. The van der Waals surface area contributed by atoms with Gasteiger partial charge in [-0.15, -0.1) is 0 Å². The van der Waals surface area contributed by atoms with Crippen LogP contribution in [0.4, 0.5) is 4.79 Å². The molecular formula is C40H65N9O9. The molecule has 0 spiro atoms. The predicted octanol–water partition coefficient (Wildman–Crippen LogP) is 1.57. The Balaban J connectivity index is 2.21. The van der Waals surface area contributed by atoms with Crippen molar-refractivity contribution in [1.29, 1.82) is 0 Å². The van der Waals surface area contributed by atoms with Crippen LogP contribution >= 0.6 is 0 Å². The standard InChI is InChI=1S/C40H65N9O9/c1-23(2)19-31(45-34(50)25(5)44-35(51)29(15-9-11-17-41)47-40(58)48-30(38(54)55)16-10-12-18-42)37(53)49(6)33(20-24(3)4)36(52)46-32(39(56)57)21-26-22-43-28-14-8-7-13-27(26)28/h7-8,13-14,22-25,29-33,43H,9-12,15-21,41-42H2,1-6H3,(H,44,51)(H,45,50)(H,46,52)(H,54,55)(H,56,57)(H2,47,48,58)/t25-,29-,30+,31-,32-,33-/m0/s1. The van der Waals surface area contributed by atoms with E-state index in [-0.39, 0.29) is 43.9 Å². The molecule has 0 radical (unpaired) electrons. The van der Waals surface area contributed by atoms with Gasteiger partial charge in [0.05, 0.1) is 0 Å². The Hall–Kier alpha value is -5.23. The second-order valence-corrected chi connectivity index (χ2v) is 15.6. The molecule has 0 bridgehead atoms. The van der Waals surface area contributed by atoms with Gasteiger partial charge >= 0.3 is 18.0 Å². The molecule has 2 aromatic rings. The smallest absolute Gasteiger partial charge is 0.326 e. The zero-order chi connectivity index (χ0) is 43.5. The van der Waals surface area contributed by atoms with Gasteiger partial charge in [-0.05, 0) is 94.8 Å². The molecule has 1 aromatic carbocycles. The van der Waals surface area contributed by atoms with Crippen molar-refractivity contribution in [2.24, 2.45) is 23.3 Å². The van der Waals surface area contributed by atoms with Gasteiger partial charge in [0.15, 0.2) is 0 Å². The maximum atomic E-state index is 14.1. The normalized spacial score (nSPS) is 14.4. The molecule has 0 unspecified atom stereocenters. The highest BCUT2D eigenvalue weighted by Crippen LogP contribution is 2.20. The van der Waals surface area contributed by atoms with E-state index in [4.69, 9.17) is 11.5 Å². The minimum Gasteiger partial charge on any atom is -0.480 e. The van der Waals surface area contributed by atoms with Crippen molar-refractivity contribution < 1.29 is 43.8 Å². The van der Waals surface area contributed by atoms with Crippen molar-refractivity contribution in [1.82, 2.24) is 36.5 Å². The van der Waals surface area contributed by atoms with E-state index < -0.39 is 77.8 Å². The van der Waals surface area contributed by atoms with Crippen LogP contribution in [-0.4, -0.2) is 118 Å². The number of carbonyl (C=O) groups excluding carboxylic acids is 5. The molecular weight excluding hydrogens is 750 g/mol. The number of nitrogens with zero attached hydrogens (tertiary/aromatic N) is 1. The number of carboxylic acid groups (broad SMARTS) is 2. The highest BCUT2D eigenvalue weighted by molar-refractivity contribution is 5.96. The molecule has 0 aliphatic carbocycles. The zero-order valence-corrected chi connectivity index (χ0v) is 34.6. The molecule has 12 N–H and O–H groups in total. The maximum absolute atomic E-state index is 14.1. The molecule has 1 aromatic heterocycles. The number of unbranched alkanes of at least 4 members (excludes halogenated alkanes) is 2. The summed E-state index contributed by atoms with van der Waals surface area (Å²) < 4.78 is 0. The first-order valence-electron chi connectivity index (χ1n) is 20.0. The molecule has 324 valence electrons. The van der Waals surface area contributed by atoms with E-state index in [1.807, 2.05) is 52.0 Å². The van der Waals surface area contributed by atoms with Gasteiger partial charge in [-0.2, -0.15) is 0 Å². The minimum atomic E-state index is -1.29. The molecule has 58 heavy (non-hydrogen) atoms. The van der Waals surface area contributed by atoms with Crippen LogP contribution in [0.3, 0.4) is 0 Å². The number of amides is 6. The van der Waals surface area contributed by atoms with Crippen molar-refractivity contribution in [3.05, 3.63) is 36.0 Å². The average Bonchev–Trinajstić information content (AvgIpc) is 3.57. The molecule has 0 aliphatic heterocycles. The van der Waals surface area contributed by atoms with Crippen molar-refractivity contribution in [2.75, 3.05) is 20.1 Å². The first kappa shape index (κ1) is 48.9. The number of aromatic nitrogens is 1. The van der Waals surface area contributed by atoms with Crippen LogP contribution in [0, 0.1) is 11.8 Å². The summed E-state index contributed by atoms with van der Waals surface area (Å²) in [5, 5.41) is 33.3. The number of para-hydroxylation sites is 1. The van der Waals surface area contributed by atoms with Gasteiger partial charge < -0.3 is 58.1 Å². The fourth-order valence-corrected chi connectivity index (χ4v) is 6.51. The van der Waals surface area contributed by atoms with Gasteiger partial charge in [0.2, 0.25) is 23.6 Å². The summed E-state index contributed by atoms with van der Waals surface area (Å²) in [7, 11) is 1.44. The van der Waals surface area contributed by atoms with E-state index in [0.29, 0.717) is 44.3 Å². The first-order valence-corrected chi connectivity index (χ1v) is 20.0. The Labute approximate surface area is 340 Å². The molecule has 0 saturated heterocycles. The quantitative estimate of drug-likeness (QED) is 0.0608. The number of hydrogen-bond donors (Lipinski definition) is 10. The Morgan fingerprint density at radius 2 is 1.22 bits per heavy atom. The summed E-state index contributed by atoms with van der Waals surface area (Å²) in [5.41, 5.74) is 12.6. The van der Waals surface area contributed by atoms with Crippen molar-refractivity contribution in [3.63, 3.8) is 0 Å². The van der Waals surface area contributed by atoms with E-state index in [2.05, 4.69) is 31.6 Å². The highest BCUT2D eigenvalue weighted by atomic mass is 16.4. The number of nitrogens with two attached hydrogens (primary N) is 2. The Morgan fingerprint density at radius 1 is 0.672 bits per heavy atom. The van der Waals surface area contributed by atoms with Gasteiger partial charge in [-0.1, -0.05) is 45.9 Å². The molecule has 6 atom stereocenters. The van der Waals surface area contributed by atoms with Crippen molar-refractivity contribution in [2.45, 2.75) is 129 Å². The monoisotopic (exact) mass is 815 g/mol. The second-order valence-electron chi connectivity index (χ2n) is 15.6. The van der Waals surface area contributed by atoms with Gasteiger partial charge in [0.25, 0.3) is 0 Å². The summed E-state index contributed by atoms with van der Waals surface area (Å²) in [4.78, 5) is 96.2. The first-order chi connectivity index (χ1) is 27.4. The highest BCUT2D eigenvalue weighted by Gasteiger charge is 2.36. The number of benzene rings is 1. The number of urea groups is 1. The Morgan fingerprint density at radius 3 is 1.79 bits per heavy atom. The average molecular weight is 816 g/mol. The summed E-state index contributed by atoms with van der Waals surface area (Å²) in [6.45, 7) is 9.57.